The van der Waals surface area contributed by atoms with E-state index in [2.05, 4.69) is 10.2 Å². The van der Waals surface area contributed by atoms with Crippen molar-refractivity contribution in [3.63, 3.8) is 0 Å². The van der Waals surface area contributed by atoms with Gasteiger partial charge in [-0.05, 0) is 25.0 Å². The molecule has 8 nitrogen and oxygen atoms in total. The molecule has 0 bridgehead atoms. The minimum atomic E-state index is -0.748. The first kappa shape index (κ1) is 15.9. The minimum absolute atomic E-state index is 0.00844. The summed E-state index contributed by atoms with van der Waals surface area (Å²) in [6.45, 7) is 1.25. The molecule has 2 aromatic rings. The number of aromatic nitrogens is 2. The van der Waals surface area contributed by atoms with Gasteiger partial charge in [0, 0.05) is 30.8 Å². The van der Waals surface area contributed by atoms with Crippen molar-refractivity contribution in [2.24, 2.45) is 5.92 Å². The lowest BCUT2D eigenvalue weighted by molar-refractivity contribution is -0.384. The zero-order chi connectivity index (χ0) is 17.1. The Morgan fingerprint density at radius 1 is 1.21 bits per heavy atom. The number of hydrogen-bond donors (Lipinski definition) is 1. The molecule has 24 heavy (non-hydrogen) atoms. The summed E-state index contributed by atoms with van der Waals surface area (Å²) in [6.07, 6.45) is 1.17. The molecule has 1 aliphatic heterocycles. The molecule has 1 N–H and O–H groups in total. The number of nitro groups is 1. The first-order valence-electron chi connectivity index (χ1n) is 7.61. The lowest BCUT2D eigenvalue weighted by Gasteiger charge is -2.30. The molecule has 0 amide bonds. The number of non-ortho nitro benzene ring substituents is 1. The maximum atomic E-state index is 11.0. The number of nitro benzene ring substituents is 1. The summed E-state index contributed by atoms with van der Waals surface area (Å²) in [7, 11) is 0. The number of carboxylic acids is 1. The monoisotopic (exact) mass is 328 g/mol. The third kappa shape index (κ3) is 3.32. The highest BCUT2D eigenvalue weighted by atomic mass is 16.6. The second-order valence-corrected chi connectivity index (χ2v) is 5.68. The molecule has 0 aliphatic carbocycles. The van der Waals surface area contributed by atoms with E-state index < -0.39 is 10.9 Å². The normalized spacial score (nSPS) is 15.2. The van der Waals surface area contributed by atoms with Crippen LogP contribution in [0, 0.1) is 16.0 Å². The number of piperidine rings is 1. The van der Waals surface area contributed by atoms with Gasteiger partial charge in [0.15, 0.2) is 5.82 Å². The second-order valence-electron chi connectivity index (χ2n) is 5.68. The van der Waals surface area contributed by atoms with E-state index in [0.29, 0.717) is 43.0 Å². The predicted octanol–water partition coefficient (Wildman–Crippen LogP) is 2.35. The lowest BCUT2D eigenvalue weighted by Crippen LogP contribution is -2.36. The summed E-state index contributed by atoms with van der Waals surface area (Å²) in [4.78, 5) is 23.4. The van der Waals surface area contributed by atoms with Crippen LogP contribution in [0.3, 0.4) is 0 Å². The number of hydrogen-bond acceptors (Lipinski definition) is 6. The van der Waals surface area contributed by atoms with E-state index in [-0.39, 0.29) is 11.6 Å². The Morgan fingerprint density at radius 3 is 2.54 bits per heavy atom. The molecule has 1 fully saturated rings. The quantitative estimate of drug-likeness (QED) is 0.677. The topological polar surface area (TPSA) is 109 Å². The Morgan fingerprint density at radius 2 is 1.96 bits per heavy atom. The fourth-order valence-electron chi connectivity index (χ4n) is 2.78. The molecule has 1 saturated heterocycles. The highest BCUT2D eigenvalue weighted by Crippen LogP contribution is 2.25. The number of carbonyl (C=O) groups is 1. The van der Waals surface area contributed by atoms with Crippen molar-refractivity contribution in [2.45, 2.75) is 12.8 Å². The number of benzene rings is 1. The van der Waals surface area contributed by atoms with Gasteiger partial charge in [-0.15, -0.1) is 10.2 Å². The Balaban J connectivity index is 1.73. The third-order valence-corrected chi connectivity index (χ3v) is 4.17. The van der Waals surface area contributed by atoms with Crippen molar-refractivity contribution >= 4 is 17.5 Å². The van der Waals surface area contributed by atoms with Crippen LogP contribution >= 0.6 is 0 Å². The molecule has 0 spiro atoms. The molecule has 1 aromatic heterocycles. The van der Waals surface area contributed by atoms with Crippen LogP contribution in [0.5, 0.6) is 0 Å². The Hall–Kier alpha value is -3.03. The lowest BCUT2D eigenvalue weighted by atomic mass is 9.97. The van der Waals surface area contributed by atoms with Crippen LogP contribution in [0.4, 0.5) is 11.5 Å². The highest BCUT2D eigenvalue weighted by Gasteiger charge is 2.25. The Bertz CT molecular complexity index is 755. The van der Waals surface area contributed by atoms with Gasteiger partial charge in [0.1, 0.15) is 0 Å². The second kappa shape index (κ2) is 6.61. The molecular formula is C16H16N4O4. The number of carboxylic acid groups (broad SMARTS) is 1. The fourth-order valence-corrected chi connectivity index (χ4v) is 2.78. The van der Waals surface area contributed by atoms with Gasteiger partial charge in [-0.25, -0.2) is 0 Å². The van der Waals surface area contributed by atoms with Crippen molar-refractivity contribution in [3.8, 4) is 11.3 Å². The third-order valence-electron chi connectivity index (χ3n) is 4.17. The van der Waals surface area contributed by atoms with Crippen LogP contribution in [0.1, 0.15) is 12.8 Å². The Kier molecular flexibility index (Phi) is 4.37. The van der Waals surface area contributed by atoms with Crippen LogP contribution in [-0.2, 0) is 4.79 Å². The first-order chi connectivity index (χ1) is 11.5. The van der Waals surface area contributed by atoms with Crippen LogP contribution in [0.15, 0.2) is 36.4 Å². The molecule has 0 radical (unpaired) electrons. The molecule has 8 heteroatoms. The summed E-state index contributed by atoms with van der Waals surface area (Å²) >= 11 is 0. The first-order valence-corrected chi connectivity index (χ1v) is 7.61. The van der Waals surface area contributed by atoms with Crippen molar-refractivity contribution < 1.29 is 14.8 Å². The molecule has 1 aliphatic rings. The molecule has 124 valence electrons. The van der Waals surface area contributed by atoms with Crippen LogP contribution in [0.2, 0.25) is 0 Å². The molecule has 0 saturated carbocycles. The van der Waals surface area contributed by atoms with E-state index >= 15 is 0 Å². The van der Waals surface area contributed by atoms with Gasteiger partial charge >= 0.3 is 5.97 Å². The molecule has 3 rings (SSSR count). The number of aliphatic carboxylic acids is 1. The number of nitrogens with zero attached hydrogens (tertiary/aromatic N) is 4. The summed E-state index contributed by atoms with van der Waals surface area (Å²) in [6, 6.07) is 9.82. The van der Waals surface area contributed by atoms with Gasteiger partial charge < -0.3 is 10.0 Å². The SMILES string of the molecule is O=C(O)C1CCN(c2ccc(-c3cccc([N+](=O)[O-])c3)nn2)CC1. The zero-order valence-electron chi connectivity index (χ0n) is 12.8. The standard InChI is InChI=1S/C16H16N4O4/c21-16(22)11-6-8-19(9-7-11)15-5-4-14(17-18-15)12-2-1-3-13(10-12)20(23)24/h1-5,10-11H,6-9H2,(H,21,22). The minimum Gasteiger partial charge on any atom is -0.481 e. The van der Waals surface area contributed by atoms with Gasteiger partial charge in [-0.1, -0.05) is 12.1 Å². The van der Waals surface area contributed by atoms with Crippen LogP contribution in [0.25, 0.3) is 11.3 Å². The zero-order valence-corrected chi connectivity index (χ0v) is 12.8. The maximum Gasteiger partial charge on any atom is 0.306 e. The van der Waals surface area contributed by atoms with E-state index in [1.807, 2.05) is 11.0 Å². The maximum absolute atomic E-state index is 11.0. The van der Waals surface area contributed by atoms with E-state index in [9.17, 15) is 14.9 Å². The number of rotatable bonds is 4. The molecular weight excluding hydrogens is 312 g/mol. The largest absolute Gasteiger partial charge is 0.481 e. The molecule has 1 aromatic carbocycles. The fraction of sp³-hybridized carbons (Fsp3) is 0.312. The van der Waals surface area contributed by atoms with Gasteiger partial charge in [0.05, 0.1) is 16.5 Å². The number of anilines is 1. The summed E-state index contributed by atoms with van der Waals surface area (Å²) < 4.78 is 0. The Labute approximate surface area is 137 Å². The summed E-state index contributed by atoms with van der Waals surface area (Å²) in [5, 5.41) is 28.2. The van der Waals surface area contributed by atoms with E-state index in [1.54, 1.807) is 18.2 Å². The van der Waals surface area contributed by atoms with Crippen molar-refractivity contribution in [2.75, 3.05) is 18.0 Å². The van der Waals surface area contributed by atoms with Gasteiger partial charge in [-0.3, -0.25) is 14.9 Å². The average Bonchev–Trinajstić information content (AvgIpc) is 2.62. The smallest absolute Gasteiger partial charge is 0.306 e. The van der Waals surface area contributed by atoms with E-state index in [0.717, 1.165) is 0 Å². The predicted molar refractivity (Wildman–Crippen MR) is 86.7 cm³/mol. The van der Waals surface area contributed by atoms with E-state index in [1.165, 1.54) is 12.1 Å². The van der Waals surface area contributed by atoms with Crippen LogP contribution < -0.4 is 4.90 Å². The average molecular weight is 328 g/mol. The molecule has 2 heterocycles. The van der Waals surface area contributed by atoms with Gasteiger partial charge in [0.25, 0.3) is 5.69 Å². The van der Waals surface area contributed by atoms with Crippen molar-refractivity contribution in [1.82, 2.24) is 10.2 Å². The van der Waals surface area contributed by atoms with Crippen molar-refractivity contribution in [1.29, 1.82) is 0 Å². The van der Waals surface area contributed by atoms with Gasteiger partial charge in [-0.2, -0.15) is 0 Å². The summed E-state index contributed by atoms with van der Waals surface area (Å²) in [5.41, 5.74) is 1.20. The van der Waals surface area contributed by atoms with Gasteiger partial charge in [0.2, 0.25) is 0 Å². The molecule has 0 atom stereocenters. The molecule has 0 unspecified atom stereocenters. The summed E-state index contributed by atoms with van der Waals surface area (Å²) in [5.74, 6) is -0.354. The highest BCUT2D eigenvalue weighted by molar-refractivity contribution is 5.70. The van der Waals surface area contributed by atoms with Crippen molar-refractivity contribution in [3.05, 3.63) is 46.5 Å². The van der Waals surface area contributed by atoms with E-state index in [4.69, 9.17) is 5.11 Å². The van der Waals surface area contributed by atoms with Crippen LogP contribution in [-0.4, -0.2) is 39.3 Å².